The van der Waals surface area contributed by atoms with E-state index in [1.54, 1.807) is 23.5 Å². The van der Waals surface area contributed by atoms with Crippen LogP contribution in [-0.4, -0.2) is 37.3 Å². The van der Waals surface area contributed by atoms with Crippen LogP contribution in [0.5, 0.6) is 5.75 Å². The first-order valence-corrected chi connectivity index (χ1v) is 9.66. The van der Waals surface area contributed by atoms with Crippen LogP contribution in [0.1, 0.15) is 23.5 Å². The summed E-state index contributed by atoms with van der Waals surface area (Å²) in [6.07, 6.45) is -0.0344. The van der Waals surface area contributed by atoms with Gasteiger partial charge in [0.2, 0.25) is 0 Å². The number of ether oxygens (including phenoxy) is 1. The lowest BCUT2D eigenvalue weighted by Gasteiger charge is -2.13. The Hall–Kier alpha value is -1.90. The summed E-state index contributed by atoms with van der Waals surface area (Å²) in [5.74, 6) is 0.644. The van der Waals surface area contributed by atoms with Gasteiger partial charge in [0.15, 0.2) is 5.96 Å². The Bertz CT molecular complexity index is 726. The lowest BCUT2D eigenvalue weighted by molar-refractivity contribution is -0.0498. The standard InChI is InChI=1S/C18H22ClF2N3O2S/c1-2-22-18(23-10-9-14-7-8-16(19)27-14)24-11-15(25)12-3-5-13(6-4-12)26-17(20)21/h3-8,15,17,25H,2,9-11H2,1H3,(H2,22,23,24). The number of hydrogen-bond donors (Lipinski definition) is 3. The van der Waals surface area contributed by atoms with Crippen LogP contribution in [0.15, 0.2) is 41.4 Å². The minimum Gasteiger partial charge on any atom is -0.435 e. The van der Waals surface area contributed by atoms with Crippen molar-refractivity contribution in [2.24, 2.45) is 4.99 Å². The zero-order chi connectivity index (χ0) is 19.6. The molecule has 1 atom stereocenters. The molecule has 1 aromatic heterocycles. The molecule has 0 spiro atoms. The van der Waals surface area contributed by atoms with Gasteiger partial charge in [0.25, 0.3) is 0 Å². The molecule has 27 heavy (non-hydrogen) atoms. The summed E-state index contributed by atoms with van der Waals surface area (Å²) in [5, 5.41) is 16.6. The van der Waals surface area contributed by atoms with Crippen LogP contribution in [0.25, 0.3) is 0 Å². The summed E-state index contributed by atoms with van der Waals surface area (Å²) < 4.78 is 29.4. The van der Waals surface area contributed by atoms with Crippen LogP contribution >= 0.6 is 22.9 Å². The fraction of sp³-hybridized carbons (Fsp3) is 0.389. The van der Waals surface area contributed by atoms with Gasteiger partial charge in [-0.25, -0.2) is 0 Å². The zero-order valence-corrected chi connectivity index (χ0v) is 16.4. The minimum atomic E-state index is -2.87. The number of guanidine groups is 1. The summed E-state index contributed by atoms with van der Waals surface area (Å²) in [6, 6.07) is 9.73. The average molecular weight is 418 g/mol. The zero-order valence-electron chi connectivity index (χ0n) is 14.8. The maximum absolute atomic E-state index is 12.2. The molecule has 0 saturated carbocycles. The molecule has 1 aromatic carbocycles. The van der Waals surface area contributed by atoms with Gasteiger partial charge in [0.05, 0.1) is 17.0 Å². The lowest BCUT2D eigenvalue weighted by atomic mass is 10.1. The van der Waals surface area contributed by atoms with Gasteiger partial charge in [-0.15, -0.1) is 11.3 Å². The summed E-state index contributed by atoms with van der Waals surface area (Å²) in [6.45, 7) is 0.582. The summed E-state index contributed by atoms with van der Waals surface area (Å²) in [5.41, 5.74) is 0.574. The molecule has 2 rings (SSSR count). The number of nitrogens with one attached hydrogen (secondary N) is 2. The second-order valence-electron chi connectivity index (χ2n) is 5.57. The van der Waals surface area contributed by atoms with E-state index in [0.717, 1.165) is 10.8 Å². The van der Waals surface area contributed by atoms with E-state index in [4.69, 9.17) is 11.6 Å². The number of thiophene rings is 1. The van der Waals surface area contributed by atoms with E-state index in [9.17, 15) is 13.9 Å². The fourth-order valence-corrected chi connectivity index (χ4v) is 3.37. The van der Waals surface area contributed by atoms with Crippen molar-refractivity contribution in [3.05, 3.63) is 51.2 Å². The van der Waals surface area contributed by atoms with Crippen molar-refractivity contribution >= 4 is 28.9 Å². The maximum Gasteiger partial charge on any atom is 0.387 e. The summed E-state index contributed by atoms with van der Waals surface area (Å²) >= 11 is 7.46. The van der Waals surface area contributed by atoms with E-state index in [1.807, 2.05) is 19.1 Å². The Labute approximate surface area is 166 Å². The molecule has 2 aromatic rings. The molecule has 0 aliphatic heterocycles. The second-order valence-corrected chi connectivity index (χ2v) is 7.37. The van der Waals surface area contributed by atoms with Gasteiger partial charge in [0, 0.05) is 18.0 Å². The predicted octanol–water partition coefficient (Wildman–Crippen LogP) is 3.83. The monoisotopic (exact) mass is 417 g/mol. The highest BCUT2D eigenvalue weighted by molar-refractivity contribution is 7.16. The van der Waals surface area contributed by atoms with Gasteiger partial charge in [-0.3, -0.25) is 4.99 Å². The highest BCUT2D eigenvalue weighted by Gasteiger charge is 2.09. The van der Waals surface area contributed by atoms with E-state index in [-0.39, 0.29) is 12.3 Å². The second kappa shape index (κ2) is 11.1. The first-order valence-electron chi connectivity index (χ1n) is 8.47. The van der Waals surface area contributed by atoms with Crippen LogP contribution in [-0.2, 0) is 6.42 Å². The molecule has 0 fully saturated rings. The molecule has 148 valence electrons. The van der Waals surface area contributed by atoms with Crippen LogP contribution in [0.4, 0.5) is 8.78 Å². The number of alkyl halides is 2. The number of aliphatic imine (C=N–C) groups is 1. The van der Waals surface area contributed by atoms with Gasteiger partial charge in [-0.05, 0) is 43.2 Å². The molecular formula is C18H22ClF2N3O2S. The number of aliphatic hydroxyl groups is 1. The smallest absolute Gasteiger partial charge is 0.387 e. The van der Waals surface area contributed by atoms with Crippen molar-refractivity contribution in [3.8, 4) is 5.75 Å². The molecule has 0 saturated heterocycles. The topological polar surface area (TPSA) is 65.9 Å². The number of halogens is 3. The van der Waals surface area contributed by atoms with E-state index in [1.165, 1.54) is 17.0 Å². The Kier molecular flexibility index (Phi) is 8.77. The molecule has 0 amide bonds. The lowest BCUT2D eigenvalue weighted by Crippen LogP contribution is -2.38. The third-order valence-electron chi connectivity index (χ3n) is 3.55. The third-order valence-corrected chi connectivity index (χ3v) is 4.84. The Morgan fingerprint density at radius 2 is 1.96 bits per heavy atom. The number of aliphatic hydroxyl groups excluding tert-OH is 1. The van der Waals surface area contributed by atoms with Gasteiger partial charge in [-0.2, -0.15) is 8.78 Å². The molecule has 9 heteroatoms. The molecule has 5 nitrogen and oxygen atoms in total. The largest absolute Gasteiger partial charge is 0.435 e. The fourth-order valence-electron chi connectivity index (χ4n) is 2.29. The van der Waals surface area contributed by atoms with Gasteiger partial charge < -0.3 is 20.5 Å². The van der Waals surface area contributed by atoms with Crippen molar-refractivity contribution in [1.29, 1.82) is 0 Å². The molecule has 0 bridgehead atoms. The molecule has 1 unspecified atom stereocenters. The number of nitrogens with zero attached hydrogens (tertiary/aromatic N) is 1. The first-order chi connectivity index (χ1) is 13.0. The minimum absolute atomic E-state index is 0.0492. The van der Waals surface area contributed by atoms with Crippen LogP contribution in [0.2, 0.25) is 4.34 Å². The number of hydrogen-bond acceptors (Lipinski definition) is 4. The average Bonchev–Trinajstić information content (AvgIpc) is 3.04. The van der Waals surface area contributed by atoms with Crippen molar-refractivity contribution < 1.29 is 18.6 Å². The molecule has 0 radical (unpaired) electrons. The highest BCUT2D eigenvalue weighted by atomic mass is 35.5. The van der Waals surface area contributed by atoms with Crippen molar-refractivity contribution in [1.82, 2.24) is 10.6 Å². The Balaban J connectivity index is 1.86. The predicted molar refractivity (Wildman–Crippen MR) is 105 cm³/mol. The van der Waals surface area contributed by atoms with Crippen molar-refractivity contribution in [2.45, 2.75) is 26.1 Å². The summed E-state index contributed by atoms with van der Waals surface area (Å²) in [7, 11) is 0. The van der Waals surface area contributed by atoms with E-state index >= 15 is 0 Å². The normalized spacial score (nSPS) is 12.9. The third kappa shape index (κ3) is 7.70. The maximum atomic E-state index is 12.2. The molecule has 0 aliphatic rings. The van der Waals surface area contributed by atoms with Crippen molar-refractivity contribution in [3.63, 3.8) is 0 Å². The van der Waals surface area contributed by atoms with Gasteiger partial charge in [-0.1, -0.05) is 23.7 Å². The number of benzene rings is 1. The quantitative estimate of drug-likeness (QED) is 0.428. The first kappa shape index (κ1) is 21.4. The van der Waals surface area contributed by atoms with Crippen molar-refractivity contribution in [2.75, 3.05) is 19.6 Å². The van der Waals surface area contributed by atoms with Crippen LogP contribution in [0.3, 0.4) is 0 Å². The van der Waals surface area contributed by atoms with Gasteiger partial charge >= 0.3 is 6.61 Å². The van der Waals surface area contributed by atoms with E-state index in [2.05, 4.69) is 20.4 Å². The van der Waals surface area contributed by atoms with E-state index < -0.39 is 12.7 Å². The SMILES string of the molecule is CCNC(=NCC(O)c1ccc(OC(F)F)cc1)NCCc1ccc(Cl)s1. The van der Waals surface area contributed by atoms with Crippen LogP contribution < -0.4 is 15.4 Å². The van der Waals surface area contributed by atoms with Gasteiger partial charge in [0.1, 0.15) is 5.75 Å². The molecule has 0 aliphatic carbocycles. The molecule has 1 heterocycles. The van der Waals surface area contributed by atoms with E-state index in [0.29, 0.717) is 24.6 Å². The number of rotatable bonds is 9. The Morgan fingerprint density at radius 3 is 2.56 bits per heavy atom. The molecular weight excluding hydrogens is 396 g/mol. The molecule has 3 N–H and O–H groups in total. The highest BCUT2D eigenvalue weighted by Crippen LogP contribution is 2.21. The summed E-state index contributed by atoms with van der Waals surface area (Å²) in [4.78, 5) is 5.54. The Morgan fingerprint density at radius 1 is 1.22 bits per heavy atom. The van der Waals surface area contributed by atoms with Crippen LogP contribution in [0, 0.1) is 0 Å².